The van der Waals surface area contributed by atoms with E-state index in [4.69, 9.17) is 0 Å². The van der Waals surface area contributed by atoms with Gasteiger partial charge in [-0.05, 0) is 31.0 Å². The molecule has 7 heteroatoms. The highest BCUT2D eigenvalue weighted by Gasteiger charge is 2.27. The van der Waals surface area contributed by atoms with E-state index < -0.39 is 0 Å². The monoisotopic (exact) mass is 337 g/mol. The molecule has 0 spiro atoms. The van der Waals surface area contributed by atoms with Crippen molar-refractivity contribution in [2.75, 3.05) is 13.1 Å². The van der Waals surface area contributed by atoms with E-state index in [-0.39, 0.29) is 17.4 Å². The average Bonchev–Trinajstić information content (AvgIpc) is 3.32. The number of amides is 1. The first kappa shape index (κ1) is 15.4. The molecule has 0 saturated carbocycles. The molecule has 1 fully saturated rings. The van der Waals surface area contributed by atoms with Crippen molar-refractivity contribution in [1.29, 1.82) is 0 Å². The number of hydrogen-bond donors (Lipinski definition) is 2. The fourth-order valence-corrected chi connectivity index (χ4v) is 3.35. The number of carbonyl (C=O) groups excluding carboxylic acids is 1. The molecule has 2 aromatic heterocycles. The molecule has 4 rings (SSSR count). The predicted molar refractivity (Wildman–Crippen MR) is 92.9 cm³/mol. The number of aromatic nitrogens is 4. The molecular formula is C18H19N5O2. The van der Waals surface area contributed by atoms with Crippen LogP contribution in [0.25, 0.3) is 5.69 Å². The van der Waals surface area contributed by atoms with Crippen molar-refractivity contribution < 1.29 is 4.79 Å². The molecule has 3 heterocycles. The second kappa shape index (κ2) is 6.43. The quantitative estimate of drug-likeness (QED) is 0.765. The number of rotatable bonds is 3. The molecule has 1 aliphatic heterocycles. The number of para-hydroxylation sites is 1. The first-order valence-corrected chi connectivity index (χ1v) is 8.38. The second-order valence-electron chi connectivity index (χ2n) is 6.28. The number of H-pyrrole nitrogens is 2. The first-order chi connectivity index (χ1) is 12.2. The van der Waals surface area contributed by atoms with Crippen LogP contribution in [0.4, 0.5) is 0 Å². The summed E-state index contributed by atoms with van der Waals surface area (Å²) in [6, 6.07) is 12.5. The van der Waals surface area contributed by atoms with E-state index in [0.717, 1.165) is 18.5 Å². The van der Waals surface area contributed by atoms with Gasteiger partial charge in [0.15, 0.2) is 0 Å². The zero-order valence-electron chi connectivity index (χ0n) is 13.7. The molecule has 0 bridgehead atoms. The SMILES string of the molecule is O=C(c1cc(=O)n(-c2ccccc2)[nH]1)N1CCCC(c2ccn[nH]2)C1. The van der Waals surface area contributed by atoms with Crippen molar-refractivity contribution in [3.8, 4) is 5.69 Å². The van der Waals surface area contributed by atoms with Crippen LogP contribution in [-0.2, 0) is 0 Å². The lowest BCUT2D eigenvalue weighted by molar-refractivity contribution is 0.0699. The average molecular weight is 337 g/mol. The maximum absolute atomic E-state index is 12.8. The summed E-state index contributed by atoms with van der Waals surface area (Å²) in [4.78, 5) is 26.9. The third kappa shape index (κ3) is 3.00. The van der Waals surface area contributed by atoms with Crippen LogP contribution in [0.5, 0.6) is 0 Å². The summed E-state index contributed by atoms with van der Waals surface area (Å²) < 4.78 is 1.39. The summed E-state index contributed by atoms with van der Waals surface area (Å²) in [6.07, 6.45) is 3.68. The topological polar surface area (TPSA) is 86.8 Å². The smallest absolute Gasteiger partial charge is 0.271 e. The first-order valence-electron chi connectivity index (χ1n) is 8.38. The number of benzene rings is 1. The summed E-state index contributed by atoms with van der Waals surface area (Å²) in [7, 11) is 0. The van der Waals surface area contributed by atoms with E-state index >= 15 is 0 Å². The van der Waals surface area contributed by atoms with E-state index in [1.165, 1.54) is 10.7 Å². The number of hydrogen-bond acceptors (Lipinski definition) is 3. The molecule has 128 valence electrons. The lowest BCUT2D eigenvalue weighted by Crippen LogP contribution is -2.39. The van der Waals surface area contributed by atoms with E-state index in [1.807, 2.05) is 36.4 Å². The standard InChI is InChI=1S/C18H19N5O2/c24-17-11-16(21-23(17)14-6-2-1-3-7-14)18(25)22-10-4-5-13(12-22)15-8-9-19-20-15/h1-3,6-9,11,13,21H,4-5,10,12H2,(H,19,20). The zero-order valence-corrected chi connectivity index (χ0v) is 13.7. The van der Waals surface area contributed by atoms with Gasteiger partial charge in [0.1, 0.15) is 5.69 Å². The number of likely N-dealkylation sites (tertiary alicyclic amines) is 1. The number of nitrogens with zero attached hydrogens (tertiary/aromatic N) is 3. The summed E-state index contributed by atoms with van der Waals surface area (Å²) in [5.74, 6) is 0.110. The highest BCUT2D eigenvalue weighted by molar-refractivity contribution is 5.92. The van der Waals surface area contributed by atoms with Crippen LogP contribution < -0.4 is 5.56 Å². The molecule has 1 saturated heterocycles. The molecular weight excluding hydrogens is 318 g/mol. The Morgan fingerprint density at radius 1 is 1.20 bits per heavy atom. The van der Waals surface area contributed by atoms with Crippen LogP contribution in [-0.4, -0.2) is 43.9 Å². The van der Waals surface area contributed by atoms with Crippen molar-refractivity contribution in [1.82, 2.24) is 24.9 Å². The Kier molecular flexibility index (Phi) is 3.97. The molecule has 0 aliphatic carbocycles. The number of piperidine rings is 1. The van der Waals surface area contributed by atoms with Crippen molar-refractivity contribution in [2.24, 2.45) is 0 Å². The summed E-state index contributed by atoms with van der Waals surface area (Å²) >= 11 is 0. The third-order valence-corrected chi connectivity index (χ3v) is 4.64. The van der Waals surface area contributed by atoms with E-state index in [0.29, 0.717) is 24.5 Å². The minimum absolute atomic E-state index is 0.143. The van der Waals surface area contributed by atoms with E-state index in [2.05, 4.69) is 15.3 Å². The van der Waals surface area contributed by atoms with Gasteiger partial charge in [0.25, 0.3) is 11.5 Å². The van der Waals surface area contributed by atoms with Crippen LogP contribution in [0.1, 0.15) is 34.9 Å². The molecule has 7 nitrogen and oxygen atoms in total. The van der Waals surface area contributed by atoms with Crippen LogP contribution in [0.3, 0.4) is 0 Å². The lowest BCUT2D eigenvalue weighted by Gasteiger charge is -2.31. The maximum atomic E-state index is 12.8. The molecule has 25 heavy (non-hydrogen) atoms. The highest BCUT2D eigenvalue weighted by Crippen LogP contribution is 2.25. The largest absolute Gasteiger partial charge is 0.337 e. The van der Waals surface area contributed by atoms with Crippen molar-refractivity contribution in [2.45, 2.75) is 18.8 Å². The molecule has 1 aromatic carbocycles. The predicted octanol–water partition coefficient (Wildman–Crippen LogP) is 1.91. The molecule has 2 N–H and O–H groups in total. The van der Waals surface area contributed by atoms with Gasteiger partial charge in [0.05, 0.1) is 5.69 Å². The second-order valence-corrected chi connectivity index (χ2v) is 6.28. The van der Waals surface area contributed by atoms with Gasteiger partial charge in [0, 0.05) is 37.0 Å². The Bertz CT molecular complexity index is 911. The van der Waals surface area contributed by atoms with Gasteiger partial charge in [-0.1, -0.05) is 18.2 Å². The molecule has 1 atom stereocenters. The van der Waals surface area contributed by atoms with E-state index in [9.17, 15) is 9.59 Å². The van der Waals surface area contributed by atoms with Gasteiger partial charge >= 0.3 is 0 Å². The van der Waals surface area contributed by atoms with Gasteiger partial charge in [-0.3, -0.25) is 19.8 Å². The van der Waals surface area contributed by atoms with Gasteiger partial charge in [-0.2, -0.15) is 5.10 Å². The number of nitrogens with one attached hydrogen (secondary N) is 2. The lowest BCUT2D eigenvalue weighted by atomic mass is 9.95. The van der Waals surface area contributed by atoms with Gasteiger partial charge in [0.2, 0.25) is 0 Å². The summed E-state index contributed by atoms with van der Waals surface area (Å²) in [5.41, 5.74) is 1.84. The zero-order chi connectivity index (χ0) is 17.2. The Hall–Kier alpha value is -3.09. The third-order valence-electron chi connectivity index (χ3n) is 4.64. The number of carbonyl (C=O) groups is 1. The molecule has 1 unspecified atom stereocenters. The minimum Gasteiger partial charge on any atom is -0.337 e. The fourth-order valence-electron chi connectivity index (χ4n) is 3.35. The van der Waals surface area contributed by atoms with Crippen LogP contribution >= 0.6 is 0 Å². The summed E-state index contributed by atoms with van der Waals surface area (Å²) in [6.45, 7) is 1.32. The van der Waals surface area contributed by atoms with Gasteiger partial charge < -0.3 is 4.90 Å². The molecule has 1 amide bonds. The fraction of sp³-hybridized carbons (Fsp3) is 0.278. The Morgan fingerprint density at radius 3 is 2.80 bits per heavy atom. The maximum Gasteiger partial charge on any atom is 0.271 e. The highest BCUT2D eigenvalue weighted by atomic mass is 16.2. The van der Waals surface area contributed by atoms with Crippen molar-refractivity contribution in [3.63, 3.8) is 0 Å². The summed E-state index contributed by atoms with van der Waals surface area (Å²) in [5, 5.41) is 9.92. The molecule has 0 radical (unpaired) electrons. The Balaban J connectivity index is 1.56. The molecule has 3 aromatic rings. The normalized spacial score (nSPS) is 17.6. The van der Waals surface area contributed by atoms with E-state index in [1.54, 1.807) is 11.1 Å². The number of aromatic amines is 2. The molecule has 1 aliphatic rings. The Morgan fingerprint density at radius 2 is 2.04 bits per heavy atom. The van der Waals surface area contributed by atoms with Crippen LogP contribution in [0, 0.1) is 0 Å². The van der Waals surface area contributed by atoms with Crippen LogP contribution in [0.15, 0.2) is 53.5 Å². The Labute approximate surface area is 144 Å². The van der Waals surface area contributed by atoms with Gasteiger partial charge in [-0.15, -0.1) is 0 Å². The van der Waals surface area contributed by atoms with Crippen LogP contribution in [0.2, 0.25) is 0 Å². The van der Waals surface area contributed by atoms with Crippen molar-refractivity contribution in [3.05, 3.63) is 70.4 Å². The van der Waals surface area contributed by atoms with Gasteiger partial charge in [-0.25, -0.2) is 4.68 Å². The minimum atomic E-state index is -0.239. The van der Waals surface area contributed by atoms with Crippen molar-refractivity contribution >= 4 is 5.91 Å².